The monoisotopic (exact) mass is 618 g/mol. The first kappa shape index (κ1) is 31.5. The number of anilines is 2. The summed E-state index contributed by atoms with van der Waals surface area (Å²) in [6.45, 7) is 0. The van der Waals surface area contributed by atoms with Crippen LogP contribution in [0.25, 0.3) is 17.0 Å². The van der Waals surface area contributed by atoms with Gasteiger partial charge in [-0.15, -0.1) is 0 Å². The smallest absolute Gasteiger partial charge is 0.374 e. The molecule has 0 saturated heterocycles. The van der Waals surface area contributed by atoms with Crippen LogP contribution in [-0.4, -0.2) is 57.3 Å². The van der Waals surface area contributed by atoms with Crippen LogP contribution in [0.3, 0.4) is 0 Å². The summed E-state index contributed by atoms with van der Waals surface area (Å²) in [6.07, 6.45) is 0.950. The third-order valence-electron chi connectivity index (χ3n) is 6.39. The van der Waals surface area contributed by atoms with Crippen molar-refractivity contribution >= 4 is 52.5 Å². The lowest BCUT2D eigenvalue weighted by molar-refractivity contribution is -0.143. The minimum atomic E-state index is -0.967. The van der Waals surface area contributed by atoms with Gasteiger partial charge in [-0.2, -0.15) is 0 Å². The number of methoxy groups -OCH3 is 4. The van der Waals surface area contributed by atoms with Crippen molar-refractivity contribution in [1.82, 2.24) is 4.98 Å². The van der Waals surface area contributed by atoms with E-state index in [4.69, 9.17) is 35.0 Å². The summed E-state index contributed by atoms with van der Waals surface area (Å²) in [4.78, 5) is 58.6. The molecule has 0 unspecified atom stereocenters. The molecular formula is C32H27ClN2O9. The normalized spacial score (nSPS) is 11.2. The van der Waals surface area contributed by atoms with Crippen molar-refractivity contribution in [3.05, 3.63) is 107 Å². The molecule has 4 aromatic rings. The predicted molar refractivity (Wildman–Crippen MR) is 160 cm³/mol. The van der Waals surface area contributed by atoms with Gasteiger partial charge in [-0.1, -0.05) is 35.9 Å². The van der Waals surface area contributed by atoms with Gasteiger partial charge in [0, 0.05) is 22.5 Å². The fourth-order valence-electron chi connectivity index (χ4n) is 4.41. The molecule has 0 aliphatic rings. The first-order valence-corrected chi connectivity index (χ1v) is 13.4. The lowest BCUT2D eigenvalue weighted by Crippen LogP contribution is -2.25. The van der Waals surface area contributed by atoms with Crippen LogP contribution in [-0.2, 0) is 28.5 Å². The van der Waals surface area contributed by atoms with Gasteiger partial charge in [0.2, 0.25) is 5.76 Å². The second kappa shape index (κ2) is 14.2. The molecule has 2 heterocycles. The third-order valence-corrected chi connectivity index (χ3v) is 6.64. The second-order valence-electron chi connectivity index (χ2n) is 8.93. The largest absolute Gasteiger partial charge is 0.469 e. The van der Waals surface area contributed by atoms with Crippen LogP contribution in [0, 0.1) is 0 Å². The Kier molecular flexibility index (Phi) is 10.1. The summed E-state index contributed by atoms with van der Waals surface area (Å²) in [6, 6.07) is 20.0. The lowest BCUT2D eigenvalue weighted by Gasteiger charge is -2.30. The van der Waals surface area contributed by atoms with Crippen LogP contribution in [0.15, 0.2) is 89.0 Å². The summed E-state index contributed by atoms with van der Waals surface area (Å²) in [5.41, 5.74) is 0.531. The van der Waals surface area contributed by atoms with Gasteiger partial charge in [0.1, 0.15) is 11.3 Å². The van der Waals surface area contributed by atoms with E-state index in [-0.39, 0.29) is 34.0 Å². The number of hydrogen-bond acceptors (Lipinski definition) is 11. The Morgan fingerprint density at radius 1 is 0.795 bits per heavy atom. The molecule has 11 nitrogen and oxygen atoms in total. The molecule has 12 heteroatoms. The Labute approximate surface area is 257 Å². The molecule has 0 spiro atoms. The Morgan fingerprint density at radius 2 is 1.45 bits per heavy atom. The Morgan fingerprint density at radius 3 is 2.02 bits per heavy atom. The van der Waals surface area contributed by atoms with Crippen LogP contribution in [0.1, 0.15) is 33.0 Å². The van der Waals surface area contributed by atoms with Gasteiger partial charge >= 0.3 is 23.9 Å². The average Bonchev–Trinajstić information content (AvgIpc) is 3.46. The number of esters is 4. The number of para-hydroxylation sites is 1. The van der Waals surface area contributed by atoms with E-state index in [2.05, 4.69) is 4.98 Å². The standard InChI is InChI=1S/C32H27ClN2O9/c1-40-24(36)18-22(30(37)41-2)26(23-12-8-9-17-34-23)35(21-10-6-5-7-11-21)27-25(31(38)42-3)29(32(39)43-4)44-28(27)19-13-15-20(33)16-14-19/h5-17H,18H2,1-4H3/b26-22+. The maximum atomic E-state index is 13.5. The summed E-state index contributed by atoms with van der Waals surface area (Å²) in [7, 11) is 4.61. The zero-order valence-electron chi connectivity index (χ0n) is 24.2. The van der Waals surface area contributed by atoms with Crippen molar-refractivity contribution in [3.8, 4) is 11.3 Å². The zero-order chi connectivity index (χ0) is 31.8. The number of pyridine rings is 1. The highest BCUT2D eigenvalue weighted by Crippen LogP contribution is 2.47. The minimum Gasteiger partial charge on any atom is -0.469 e. The van der Waals surface area contributed by atoms with Gasteiger partial charge in [-0.25, -0.2) is 14.4 Å². The molecule has 2 aromatic heterocycles. The van der Waals surface area contributed by atoms with Gasteiger partial charge in [0.25, 0.3) is 0 Å². The number of halogens is 1. The molecule has 4 rings (SSSR count). The Bertz CT molecular complexity index is 1700. The number of benzene rings is 2. The van der Waals surface area contributed by atoms with E-state index < -0.39 is 36.1 Å². The molecule has 226 valence electrons. The molecule has 0 amide bonds. The summed E-state index contributed by atoms with van der Waals surface area (Å²) in [5.74, 6) is -3.98. The first-order chi connectivity index (χ1) is 21.2. The summed E-state index contributed by atoms with van der Waals surface area (Å²) in [5, 5.41) is 0.420. The number of nitrogens with zero attached hydrogens (tertiary/aromatic N) is 2. The highest BCUT2D eigenvalue weighted by Gasteiger charge is 2.38. The van der Waals surface area contributed by atoms with E-state index in [0.29, 0.717) is 16.3 Å². The van der Waals surface area contributed by atoms with E-state index in [1.54, 1.807) is 72.8 Å². The topological polar surface area (TPSA) is 134 Å². The molecule has 44 heavy (non-hydrogen) atoms. The number of carbonyl (C=O) groups is 4. The maximum Gasteiger partial charge on any atom is 0.374 e. The average molecular weight is 619 g/mol. The highest BCUT2D eigenvalue weighted by molar-refractivity contribution is 6.30. The van der Waals surface area contributed by atoms with Crippen LogP contribution < -0.4 is 4.90 Å². The minimum absolute atomic E-state index is 0.0158. The molecular weight excluding hydrogens is 592 g/mol. The van der Waals surface area contributed by atoms with Crippen LogP contribution in [0.2, 0.25) is 5.02 Å². The predicted octanol–water partition coefficient (Wildman–Crippen LogP) is 5.85. The third kappa shape index (κ3) is 6.47. The van der Waals surface area contributed by atoms with E-state index in [9.17, 15) is 19.2 Å². The number of aromatic nitrogens is 1. The summed E-state index contributed by atoms with van der Waals surface area (Å²) >= 11 is 6.16. The SMILES string of the molecule is COC(=O)C/C(C(=O)OC)=C(/c1ccccn1)N(c1ccccc1)c1c(-c2ccc(Cl)cc2)oc(C(=O)OC)c1C(=O)OC. The number of furan rings is 1. The Balaban J connectivity index is 2.28. The van der Waals surface area contributed by atoms with Crippen LogP contribution in [0.4, 0.5) is 11.4 Å². The summed E-state index contributed by atoms with van der Waals surface area (Å²) < 4.78 is 26.2. The van der Waals surface area contributed by atoms with Gasteiger partial charge in [0.15, 0.2) is 5.76 Å². The van der Waals surface area contributed by atoms with Crippen molar-refractivity contribution in [2.24, 2.45) is 0 Å². The van der Waals surface area contributed by atoms with Gasteiger partial charge in [-0.05, 0) is 48.5 Å². The van der Waals surface area contributed by atoms with Crippen LogP contribution in [0.5, 0.6) is 0 Å². The highest BCUT2D eigenvalue weighted by atomic mass is 35.5. The number of carbonyl (C=O) groups excluding carboxylic acids is 4. The number of rotatable bonds is 10. The fourth-order valence-corrected chi connectivity index (χ4v) is 4.53. The molecule has 0 N–H and O–H groups in total. The maximum absolute atomic E-state index is 13.5. The van der Waals surface area contributed by atoms with Crippen molar-refractivity contribution in [2.75, 3.05) is 33.3 Å². The van der Waals surface area contributed by atoms with Crippen molar-refractivity contribution in [3.63, 3.8) is 0 Å². The molecule has 0 fully saturated rings. The molecule has 0 saturated carbocycles. The molecule has 0 atom stereocenters. The van der Waals surface area contributed by atoms with E-state index in [1.807, 2.05) is 0 Å². The number of hydrogen-bond donors (Lipinski definition) is 0. The molecule has 2 aromatic carbocycles. The quantitative estimate of drug-likeness (QED) is 0.120. The van der Waals surface area contributed by atoms with Gasteiger partial charge in [-0.3, -0.25) is 9.78 Å². The lowest BCUT2D eigenvalue weighted by atomic mass is 10.0. The van der Waals surface area contributed by atoms with Gasteiger partial charge < -0.3 is 28.3 Å². The van der Waals surface area contributed by atoms with Gasteiger partial charge in [0.05, 0.1) is 51.8 Å². The molecule has 0 bridgehead atoms. The molecule has 0 aliphatic carbocycles. The molecule has 0 radical (unpaired) electrons. The zero-order valence-corrected chi connectivity index (χ0v) is 24.9. The second-order valence-corrected chi connectivity index (χ2v) is 9.37. The van der Waals surface area contributed by atoms with Crippen molar-refractivity contribution in [2.45, 2.75) is 6.42 Å². The molecule has 0 aliphatic heterocycles. The van der Waals surface area contributed by atoms with E-state index >= 15 is 0 Å². The number of ether oxygens (including phenoxy) is 4. The van der Waals surface area contributed by atoms with Crippen molar-refractivity contribution in [1.29, 1.82) is 0 Å². The fraction of sp³-hybridized carbons (Fsp3) is 0.156. The van der Waals surface area contributed by atoms with Crippen LogP contribution >= 0.6 is 11.6 Å². The van der Waals surface area contributed by atoms with Crippen molar-refractivity contribution < 1.29 is 42.5 Å². The van der Waals surface area contributed by atoms with E-state index in [0.717, 1.165) is 21.3 Å². The van der Waals surface area contributed by atoms with E-state index in [1.165, 1.54) is 18.2 Å². The first-order valence-electron chi connectivity index (χ1n) is 13.0. The Hall–Kier alpha value is -5.42.